The zero-order valence-electron chi connectivity index (χ0n) is 29.7. The van der Waals surface area contributed by atoms with Gasteiger partial charge in [-0.2, -0.15) is 0 Å². The van der Waals surface area contributed by atoms with Crippen molar-refractivity contribution in [3.05, 3.63) is 191 Å². The molecule has 0 heterocycles. The van der Waals surface area contributed by atoms with Gasteiger partial charge in [0, 0.05) is 5.92 Å². The third kappa shape index (κ3) is 8.74. The molecular formula is C40H20BF15N2NiO+. The van der Waals surface area contributed by atoms with Crippen LogP contribution in [-0.4, -0.2) is 18.0 Å². The van der Waals surface area contributed by atoms with Crippen LogP contribution in [0.25, 0.3) is 0 Å². The molecule has 0 bridgehead atoms. The molecule has 1 aliphatic carbocycles. The molecule has 0 amide bonds. The van der Waals surface area contributed by atoms with Crippen molar-refractivity contribution in [2.45, 2.75) is 6.92 Å². The predicted octanol–water partition coefficient (Wildman–Crippen LogP) is 10.0. The van der Waals surface area contributed by atoms with Gasteiger partial charge in [-0.15, -0.1) is 0 Å². The van der Waals surface area contributed by atoms with E-state index in [1.807, 2.05) is 30.7 Å². The van der Waals surface area contributed by atoms with E-state index < -0.39 is 122 Å². The first kappa shape index (κ1) is 46.9. The summed E-state index contributed by atoms with van der Waals surface area (Å²) in [6, 6.07) is 12.7. The number of halogens is 15. The Morgan fingerprint density at radius 3 is 1.05 bits per heavy atom. The molecule has 20 heteroatoms. The van der Waals surface area contributed by atoms with Crippen LogP contribution in [0.2, 0.25) is 0 Å². The van der Waals surface area contributed by atoms with Crippen molar-refractivity contribution in [2.75, 3.05) is 0 Å². The summed E-state index contributed by atoms with van der Waals surface area (Å²) in [5.74, 6) is -47.9. The third-order valence-electron chi connectivity index (χ3n) is 8.43. The van der Waals surface area contributed by atoms with E-state index in [4.69, 9.17) is 4.65 Å². The van der Waals surface area contributed by atoms with Gasteiger partial charge in [0.1, 0.15) is 34.9 Å². The molecule has 313 valence electrons. The molecule has 0 atom stereocenters. The van der Waals surface area contributed by atoms with Gasteiger partial charge in [-0.3, -0.25) is 0 Å². The second-order valence-electron chi connectivity index (χ2n) is 12.1. The second kappa shape index (κ2) is 19.1. The molecule has 60 heavy (non-hydrogen) atoms. The zero-order chi connectivity index (χ0) is 43.5. The number of aliphatic imine (C=N–C) groups is 2. The Balaban J connectivity index is 0.000000899. The number of rotatable bonds is 7. The van der Waals surface area contributed by atoms with Crippen LogP contribution in [0, 0.1) is 107 Å². The fraction of sp³-hybridized carbons (Fsp3) is 0.0250. The van der Waals surface area contributed by atoms with Gasteiger partial charge in [0.25, 0.3) is 6.35 Å². The number of nitrogens with zero attached hydrogens (tertiary/aromatic N) is 2. The maximum absolute atomic E-state index is 15.9. The monoisotopic (exact) mass is 898 g/mol. The van der Waals surface area contributed by atoms with Crippen LogP contribution in [-0.2, 0) is 21.1 Å². The Hall–Kier alpha value is -5.77. The number of para-hydroxylation sites is 2. The molecule has 0 spiro atoms. The molecule has 0 fully saturated rings. The molecule has 0 saturated carbocycles. The predicted molar refractivity (Wildman–Crippen MR) is 188 cm³/mol. The summed E-state index contributed by atoms with van der Waals surface area (Å²) in [5, 5.41) is 0. The van der Waals surface area contributed by atoms with Crippen molar-refractivity contribution >= 4 is 45.7 Å². The van der Waals surface area contributed by atoms with Crippen LogP contribution in [0.1, 0.15) is 6.92 Å². The van der Waals surface area contributed by atoms with Crippen LogP contribution in [0.3, 0.4) is 0 Å². The second-order valence-corrected chi connectivity index (χ2v) is 12.1. The van der Waals surface area contributed by atoms with Crippen molar-refractivity contribution in [2.24, 2.45) is 9.98 Å². The minimum atomic E-state index is -6.39. The molecule has 5 aromatic carbocycles. The number of hydrogen-bond donors (Lipinski definition) is 0. The van der Waals surface area contributed by atoms with E-state index in [9.17, 15) is 39.5 Å². The van der Waals surface area contributed by atoms with Crippen molar-refractivity contribution in [1.29, 1.82) is 0 Å². The molecule has 6 rings (SSSR count). The topological polar surface area (TPSA) is 34.0 Å². The van der Waals surface area contributed by atoms with E-state index in [1.165, 1.54) is 48.5 Å². The minimum absolute atomic E-state index is 0. The first-order valence-electron chi connectivity index (χ1n) is 16.4. The van der Waals surface area contributed by atoms with Crippen molar-refractivity contribution < 1.29 is 87.0 Å². The van der Waals surface area contributed by atoms with Gasteiger partial charge in [-0.25, -0.2) is 75.8 Å². The Morgan fingerprint density at radius 1 is 0.450 bits per heavy atom. The largest absolute Gasteiger partial charge is 2.00 e. The maximum atomic E-state index is 15.9. The van der Waals surface area contributed by atoms with Crippen LogP contribution in [0.15, 0.2) is 95.0 Å². The van der Waals surface area contributed by atoms with Gasteiger partial charge < -0.3 is 4.65 Å². The average molecular weight is 899 g/mol. The molecule has 0 unspecified atom stereocenters. The van der Waals surface area contributed by atoms with Gasteiger partial charge in [0.2, 0.25) is 0 Å². The zero-order valence-corrected chi connectivity index (χ0v) is 30.7. The number of allylic oxidation sites excluding steroid dienone is 4. The van der Waals surface area contributed by atoms with Crippen molar-refractivity contribution in [3.63, 3.8) is 0 Å². The Bertz CT molecular complexity index is 2300. The van der Waals surface area contributed by atoms with Crippen LogP contribution in [0.4, 0.5) is 77.2 Å². The van der Waals surface area contributed by atoms with Crippen LogP contribution in [0.5, 0.6) is 0 Å². The number of hydrogen-bond acceptors (Lipinski definition) is 3. The summed E-state index contributed by atoms with van der Waals surface area (Å²) in [4.78, 5) is 7.83. The Labute approximate surface area is 340 Å². The first-order valence-corrected chi connectivity index (χ1v) is 16.4. The van der Waals surface area contributed by atoms with Crippen molar-refractivity contribution in [3.8, 4) is 0 Å². The molecule has 0 saturated heterocycles. The molecule has 5 aromatic rings. The molecule has 0 N–H and O–H groups in total. The fourth-order valence-electron chi connectivity index (χ4n) is 5.75. The summed E-state index contributed by atoms with van der Waals surface area (Å²) in [6.45, 7) is 4.57. The van der Waals surface area contributed by atoms with Gasteiger partial charge in [-0.1, -0.05) is 77.1 Å². The smallest absolute Gasteiger partial charge is 0.687 e. The van der Waals surface area contributed by atoms with E-state index in [0.717, 1.165) is 25.0 Å². The van der Waals surface area contributed by atoms with Gasteiger partial charge >= 0.3 is 16.5 Å². The van der Waals surface area contributed by atoms with Crippen LogP contribution < -0.4 is 16.4 Å². The SMILES string of the molecule is CC(=Nc1ccccc1)C(=Nc1ccccc1)O[B-](c1c(F)c(F)c(F)c(F)c1F)(c1c(F)c(F)c(F)c(F)c1F)c1c(F)c(F)c(F)c(F)c1F.[CH2][C]1[CH]C=CC=C1.[Ni+2]. The summed E-state index contributed by atoms with van der Waals surface area (Å²) < 4.78 is 233. The molecule has 3 nitrogen and oxygen atoms in total. The fourth-order valence-corrected chi connectivity index (χ4v) is 5.75. The third-order valence-corrected chi connectivity index (χ3v) is 8.43. The summed E-state index contributed by atoms with van der Waals surface area (Å²) >= 11 is 0. The van der Waals surface area contributed by atoms with E-state index in [-0.39, 0.29) is 27.9 Å². The average Bonchev–Trinajstić information content (AvgIpc) is 3.23. The Kier molecular flexibility index (Phi) is 14.9. The maximum Gasteiger partial charge on any atom is 2.00 e. The quantitative estimate of drug-likeness (QED) is 0.0400. The van der Waals surface area contributed by atoms with E-state index in [2.05, 4.69) is 16.9 Å². The summed E-state index contributed by atoms with van der Waals surface area (Å²) in [6.07, 6.45) is 3.48. The first-order chi connectivity index (χ1) is 27.9. The van der Waals surface area contributed by atoms with E-state index in [0.29, 0.717) is 0 Å². The number of benzene rings is 5. The molecule has 3 radical (unpaired) electrons. The van der Waals surface area contributed by atoms with E-state index in [1.54, 1.807) is 0 Å². The normalized spacial score (nSPS) is 13.2. The molecular weight excluding hydrogens is 879 g/mol. The summed E-state index contributed by atoms with van der Waals surface area (Å²) in [5.41, 5.74) is -10.1. The standard InChI is InChI=1S/C33H13BF15N2O.C7H7.Ni/c1-12(50-13-8-4-2-5-9-13)33(51-14-10-6-3-7-11-14)52-34(15-18(35)24(41)30(47)25(42)19(15)36,16-20(37)26(43)31(48)27(44)21(16)38)17-22(39)28(45)32(49)29(46)23(17)40;1-7-5-3-2-4-6-7;/h2-11H,1H3;2-6H,1H2;/q-1;;+2. The molecule has 0 aromatic heterocycles. The van der Waals surface area contributed by atoms with Gasteiger partial charge in [0.05, 0.1) is 17.1 Å². The Morgan fingerprint density at radius 2 is 0.767 bits per heavy atom. The summed E-state index contributed by atoms with van der Waals surface area (Å²) in [7, 11) is 0. The molecule has 1 aliphatic rings. The van der Waals surface area contributed by atoms with Gasteiger partial charge in [0.15, 0.2) is 58.3 Å². The van der Waals surface area contributed by atoms with Gasteiger partial charge in [-0.05, 0) is 44.5 Å². The van der Waals surface area contributed by atoms with Crippen LogP contribution >= 0.6 is 0 Å². The van der Waals surface area contributed by atoms with E-state index >= 15 is 26.3 Å². The van der Waals surface area contributed by atoms with Crippen molar-refractivity contribution in [1.82, 2.24) is 0 Å². The minimum Gasteiger partial charge on any atom is -0.687 e. The molecule has 0 aliphatic heterocycles.